The van der Waals surface area contributed by atoms with Crippen LogP contribution < -0.4 is 21.5 Å². The maximum atomic E-state index is 12.8. The molecule has 2 unspecified atom stereocenters. The third kappa shape index (κ3) is 5.43. The molecule has 1 aliphatic carbocycles. The number of halogens is 3. The maximum absolute atomic E-state index is 12.8. The maximum Gasteiger partial charge on any atom is 0.405 e. The van der Waals surface area contributed by atoms with Gasteiger partial charge >= 0.3 is 6.18 Å². The molecule has 2 atom stereocenters. The van der Waals surface area contributed by atoms with Gasteiger partial charge in [-0.2, -0.15) is 13.2 Å². The van der Waals surface area contributed by atoms with Crippen LogP contribution in [0.4, 0.5) is 13.2 Å². The average Bonchev–Trinajstić information content (AvgIpc) is 3.27. The van der Waals surface area contributed by atoms with Crippen molar-refractivity contribution in [2.45, 2.75) is 63.5 Å². The summed E-state index contributed by atoms with van der Waals surface area (Å²) in [6, 6.07) is 5.56. The van der Waals surface area contributed by atoms with Crippen molar-refractivity contribution in [1.29, 1.82) is 0 Å². The number of benzene rings is 1. The number of carbonyl (C=O) groups excluding carboxylic acids is 1. The van der Waals surface area contributed by atoms with Crippen molar-refractivity contribution >= 4 is 11.9 Å². The van der Waals surface area contributed by atoms with Crippen LogP contribution in [0.2, 0.25) is 0 Å². The van der Waals surface area contributed by atoms with Crippen LogP contribution >= 0.6 is 0 Å². The Kier molecular flexibility index (Phi) is 6.01. The Bertz CT molecular complexity index is 683. The topological polar surface area (TPSA) is 77.5 Å². The van der Waals surface area contributed by atoms with Crippen LogP contribution in [0.5, 0.6) is 0 Å². The molecule has 1 aromatic rings. The van der Waals surface area contributed by atoms with Crippen molar-refractivity contribution in [3.8, 4) is 0 Å². The minimum absolute atomic E-state index is 0.162. The molecule has 1 aromatic carbocycles. The molecule has 0 radical (unpaired) electrons. The van der Waals surface area contributed by atoms with Crippen molar-refractivity contribution in [3.63, 3.8) is 0 Å². The number of hydrogen-bond donors (Lipinski definition) is 4. The number of nitrogens with zero attached hydrogens (tertiary/aromatic N) is 1. The van der Waals surface area contributed by atoms with Crippen LogP contribution in [0, 0.1) is 6.92 Å². The molecule has 0 spiro atoms. The van der Waals surface area contributed by atoms with Crippen LogP contribution in [0.15, 0.2) is 29.3 Å². The van der Waals surface area contributed by atoms with Gasteiger partial charge in [0.15, 0.2) is 5.96 Å². The van der Waals surface area contributed by atoms with Gasteiger partial charge in [-0.1, -0.05) is 30.5 Å². The van der Waals surface area contributed by atoms with Gasteiger partial charge in [-0.3, -0.25) is 10.1 Å². The second kappa shape index (κ2) is 8.26. The van der Waals surface area contributed by atoms with E-state index in [1.807, 2.05) is 19.1 Å². The lowest BCUT2D eigenvalue weighted by molar-refractivity contribution is -0.152. The molecule has 1 amide bonds. The summed E-state index contributed by atoms with van der Waals surface area (Å²) in [5.74, 6) is -0.146. The molecule has 1 saturated heterocycles. The molecule has 0 bridgehead atoms. The summed E-state index contributed by atoms with van der Waals surface area (Å²) in [6.07, 6.45) is -1.31. The Balaban J connectivity index is 1.70. The molecular formula is C18H24F3N5O. The first-order valence-corrected chi connectivity index (χ1v) is 9.11. The molecule has 2 fully saturated rings. The molecule has 1 aliphatic heterocycles. The Morgan fingerprint density at radius 1 is 1.15 bits per heavy atom. The number of aryl methyl sites for hydroxylation is 1. The van der Waals surface area contributed by atoms with Crippen LogP contribution in [-0.2, 0) is 0 Å². The minimum atomic E-state index is -4.35. The molecular weight excluding hydrogens is 359 g/mol. The zero-order chi connectivity index (χ0) is 19.4. The predicted molar refractivity (Wildman–Crippen MR) is 96.0 cm³/mol. The Morgan fingerprint density at radius 3 is 2.41 bits per heavy atom. The third-order valence-corrected chi connectivity index (χ3v) is 4.80. The number of aliphatic imine (C=N–C) groups is 1. The molecule has 1 heterocycles. The quantitative estimate of drug-likeness (QED) is 0.477. The Labute approximate surface area is 156 Å². The normalized spacial score (nSPS) is 24.2. The molecule has 27 heavy (non-hydrogen) atoms. The fraction of sp³-hybridized carbons (Fsp3) is 0.556. The van der Waals surface area contributed by atoms with E-state index >= 15 is 0 Å². The van der Waals surface area contributed by atoms with Gasteiger partial charge in [-0.05, 0) is 31.9 Å². The van der Waals surface area contributed by atoms with Crippen molar-refractivity contribution in [2.75, 3.05) is 0 Å². The zero-order valence-electron chi connectivity index (χ0n) is 15.1. The summed E-state index contributed by atoms with van der Waals surface area (Å²) in [5, 5.41) is 5.89. The largest absolute Gasteiger partial charge is 0.405 e. The molecule has 2 aliphatic rings. The molecule has 9 heteroatoms. The summed E-state index contributed by atoms with van der Waals surface area (Å²) >= 11 is 0. The second-order valence-corrected chi connectivity index (χ2v) is 7.06. The highest BCUT2D eigenvalue weighted by Crippen LogP contribution is 2.26. The highest BCUT2D eigenvalue weighted by molar-refractivity contribution is 6.05. The average molecular weight is 383 g/mol. The summed E-state index contributed by atoms with van der Waals surface area (Å²) < 4.78 is 38.5. The van der Waals surface area contributed by atoms with Gasteiger partial charge in [0.05, 0.1) is 0 Å². The first-order chi connectivity index (χ1) is 12.8. The standard InChI is InChI=1S/C18H24F3N5O/c1-11-6-8-12(9-7-11)16(27)24-17(22-13-4-2-3-5-13)23-15-10-14(25-26-15)18(19,20)21/h6-9,13-15,25-26H,2-5,10H2,1H3,(H2,22,23,24,27). The van der Waals surface area contributed by atoms with E-state index in [0.717, 1.165) is 31.2 Å². The number of hydrazine groups is 1. The lowest BCUT2D eigenvalue weighted by Crippen LogP contribution is -2.46. The van der Waals surface area contributed by atoms with E-state index in [2.05, 4.69) is 26.5 Å². The monoisotopic (exact) mass is 383 g/mol. The number of carbonyl (C=O) groups is 1. The lowest BCUT2D eigenvalue weighted by atomic mass is 10.1. The van der Waals surface area contributed by atoms with Gasteiger partial charge in [0.1, 0.15) is 12.2 Å². The number of hydrogen-bond acceptors (Lipinski definition) is 4. The minimum Gasteiger partial charge on any atom is -0.353 e. The fourth-order valence-electron chi connectivity index (χ4n) is 3.25. The second-order valence-electron chi connectivity index (χ2n) is 7.06. The van der Waals surface area contributed by atoms with Crippen molar-refractivity contribution in [2.24, 2.45) is 4.99 Å². The van der Waals surface area contributed by atoms with Crippen LogP contribution in [0.1, 0.15) is 48.0 Å². The lowest BCUT2D eigenvalue weighted by Gasteiger charge is -2.18. The molecule has 1 saturated carbocycles. The smallest absolute Gasteiger partial charge is 0.353 e. The number of guanidine groups is 1. The van der Waals surface area contributed by atoms with Gasteiger partial charge in [-0.25, -0.2) is 15.8 Å². The third-order valence-electron chi connectivity index (χ3n) is 4.80. The molecule has 3 rings (SSSR count). The first kappa shape index (κ1) is 19.6. The Hall–Kier alpha value is -2.13. The number of alkyl halides is 3. The van der Waals surface area contributed by atoms with E-state index in [4.69, 9.17) is 0 Å². The molecule has 6 nitrogen and oxygen atoms in total. The van der Waals surface area contributed by atoms with Crippen LogP contribution in [-0.4, -0.2) is 36.3 Å². The van der Waals surface area contributed by atoms with Gasteiger partial charge in [0, 0.05) is 18.0 Å². The van der Waals surface area contributed by atoms with E-state index in [9.17, 15) is 18.0 Å². The van der Waals surface area contributed by atoms with Crippen LogP contribution in [0.3, 0.4) is 0 Å². The summed E-state index contributed by atoms with van der Waals surface area (Å²) in [5.41, 5.74) is 6.25. The first-order valence-electron chi connectivity index (χ1n) is 9.11. The number of amides is 1. The van der Waals surface area contributed by atoms with E-state index < -0.39 is 18.4 Å². The van der Waals surface area contributed by atoms with Crippen molar-refractivity contribution in [1.82, 2.24) is 21.5 Å². The van der Waals surface area contributed by atoms with E-state index in [-0.39, 0.29) is 24.3 Å². The highest BCUT2D eigenvalue weighted by atomic mass is 19.4. The van der Waals surface area contributed by atoms with Gasteiger partial charge in [0.25, 0.3) is 5.91 Å². The van der Waals surface area contributed by atoms with E-state index in [0.29, 0.717) is 5.56 Å². The summed E-state index contributed by atoms with van der Waals surface area (Å²) in [6.45, 7) is 1.92. The van der Waals surface area contributed by atoms with E-state index in [1.165, 1.54) is 0 Å². The molecule has 4 N–H and O–H groups in total. The molecule has 148 valence electrons. The van der Waals surface area contributed by atoms with E-state index in [1.54, 1.807) is 12.1 Å². The molecule has 0 aromatic heterocycles. The summed E-state index contributed by atoms with van der Waals surface area (Å²) in [7, 11) is 0. The van der Waals surface area contributed by atoms with Crippen molar-refractivity contribution in [3.05, 3.63) is 35.4 Å². The number of nitrogens with one attached hydrogen (secondary N) is 4. The highest BCUT2D eigenvalue weighted by Gasteiger charge is 2.44. The Morgan fingerprint density at radius 2 is 1.81 bits per heavy atom. The van der Waals surface area contributed by atoms with Gasteiger partial charge < -0.3 is 5.32 Å². The fourth-order valence-corrected chi connectivity index (χ4v) is 3.25. The van der Waals surface area contributed by atoms with Crippen LogP contribution in [0.25, 0.3) is 0 Å². The summed E-state index contributed by atoms with van der Waals surface area (Å²) in [4.78, 5) is 16.8. The van der Waals surface area contributed by atoms with Gasteiger partial charge in [0.2, 0.25) is 0 Å². The predicted octanol–water partition coefficient (Wildman–Crippen LogP) is 2.37. The number of rotatable bonds is 3. The van der Waals surface area contributed by atoms with Crippen molar-refractivity contribution < 1.29 is 18.0 Å². The zero-order valence-corrected chi connectivity index (χ0v) is 15.1. The van der Waals surface area contributed by atoms with Gasteiger partial charge in [-0.15, -0.1) is 0 Å². The SMILES string of the molecule is Cc1ccc(C(=O)NC(=NC2CC(C(F)(F)F)NN2)NC2CCCC2)cc1.